The van der Waals surface area contributed by atoms with E-state index in [1.165, 1.54) is 16.8 Å². The molecule has 1 amide bonds. The van der Waals surface area contributed by atoms with Gasteiger partial charge in [0.05, 0.1) is 5.69 Å². The number of rotatable bonds is 6. The minimum Gasteiger partial charge on any atom is -0.464 e. The molecule has 0 unspecified atom stereocenters. The maximum atomic E-state index is 12.4. The molecule has 2 aromatic carbocycles. The maximum Gasteiger partial charge on any atom is 0.271 e. The Hall–Kier alpha value is -3.12. The van der Waals surface area contributed by atoms with Crippen LogP contribution in [0.25, 0.3) is 5.69 Å². The Morgan fingerprint density at radius 3 is 2.72 bits per heavy atom. The summed E-state index contributed by atoms with van der Waals surface area (Å²) < 4.78 is 6.88. The molecule has 0 aliphatic heterocycles. The Balaban J connectivity index is 1.72. The number of ether oxygens (including phenoxy) is 1. The van der Waals surface area contributed by atoms with Crippen LogP contribution in [0.3, 0.4) is 0 Å². The third-order valence-corrected chi connectivity index (χ3v) is 4.63. The molecule has 0 aliphatic carbocycles. The van der Waals surface area contributed by atoms with E-state index in [2.05, 4.69) is 10.4 Å². The number of benzene rings is 2. The molecule has 1 N–H and O–H groups in total. The number of halogens is 1. The Morgan fingerprint density at radius 2 is 1.97 bits per heavy atom. The number of nitrogens with one attached hydrogen (secondary N) is 1. The number of hydrogen-bond acceptors (Lipinski definition) is 4. The van der Waals surface area contributed by atoms with Crippen molar-refractivity contribution >= 4 is 17.5 Å². The first-order chi connectivity index (χ1) is 13.8. The van der Waals surface area contributed by atoms with Crippen molar-refractivity contribution in [1.82, 2.24) is 15.1 Å². The van der Waals surface area contributed by atoms with Crippen LogP contribution in [0, 0.1) is 13.8 Å². The van der Waals surface area contributed by atoms with Crippen molar-refractivity contribution in [2.45, 2.75) is 33.4 Å². The van der Waals surface area contributed by atoms with Crippen molar-refractivity contribution in [3.8, 4) is 11.6 Å². The predicted octanol–water partition coefficient (Wildman–Crippen LogP) is 3.59. The van der Waals surface area contributed by atoms with Gasteiger partial charge >= 0.3 is 0 Å². The highest BCUT2D eigenvalue weighted by Crippen LogP contribution is 2.18. The first kappa shape index (κ1) is 20.6. The van der Waals surface area contributed by atoms with Gasteiger partial charge in [0.1, 0.15) is 0 Å². The van der Waals surface area contributed by atoms with Crippen LogP contribution in [-0.2, 0) is 11.3 Å². The standard InChI is InChI=1S/C22H22ClN3O3/c1-14-5-4-6-17(11-14)13-24-22(28)16(3)29-20-9-10-21(27)26(25-20)19-12-18(23)8-7-15(19)2/h4-12,16H,13H2,1-3H3,(H,24,28)/t16-/m1/s1. The van der Waals surface area contributed by atoms with E-state index in [1.54, 1.807) is 25.1 Å². The molecule has 1 atom stereocenters. The molecule has 0 saturated heterocycles. The van der Waals surface area contributed by atoms with Gasteiger partial charge in [-0.15, -0.1) is 5.10 Å². The summed E-state index contributed by atoms with van der Waals surface area (Å²) in [7, 11) is 0. The van der Waals surface area contributed by atoms with E-state index in [1.807, 2.05) is 38.1 Å². The van der Waals surface area contributed by atoms with E-state index in [9.17, 15) is 9.59 Å². The van der Waals surface area contributed by atoms with Gasteiger partial charge in [-0.25, -0.2) is 0 Å². The van der Waals surface area contributed by atoms with Crippen LogP contribution in [0.15, 0.2) is 59.4 Å². The topological polar surface area (TPSA) is 73.2 Å². The van der Waals surface area contributed by atoms with E-state index in [4.69, 9.17) is 16.3 Å². The maximum absolute atomic E-state index is 12.4. The van der Waals surface area contributed by atoms with E-state index in [0.29, 0.717) is 17.3 Å². The second kappa shape index (κ2) is 8.92. The molecule has 0 fully saturated rings. The number of aryl methyl sites for hydroxylation is 2. The number of carbonyl (C=O) groups is 1. The van der Waals surface area contributed by atoms with Crippen molar-refractivity contribution in [2.75, 3.05) is 0 Å². The highest BCUT2D eigenvalue weighted by atomic mass is 35.5. The van der Waals surface area contributed by atoms with Gasteiger partial charge < -0.3 is 10.1 Å². The minimum absolute atomic E-state index is 0.169. The van der Waals surface area contributed by atoms with Crippen LogP contribution in [0.1, 0.15) is 23.6 Å². The van der Waals surface area contributed by atoms with Crippen LogP contribution >= 0.6 is 11.6 Å². The van der Waals surface area contributed by atoms with Crippen molar-refractivity contribution in [2.24, 2.45) is 0 Å². The molecular weight excluding hydrogens is 390 g/mol. The number of carbonyl (C=O) groups excluding carboxylic acids is 1. The first-order valence-corrected chi connectivity index (χ1v) is 9.58. The highest BCUT2D eigenvalue weighted by molar-refractivity contribution is 6.30. The van der Waals surface area contributed by atoms with Gasteiger partial charge in [0.15, 0.2) is 6.10 Å². The summed E-state index contributed by atoms with van der Waals surface area (Å²) >= 11 is 6.05. The zero-order chi connectivity index (χ0) is 21.0. The number of nitrogens with zero attached hydrogens (tertiary/aromatic N) is 2. The smallest absolute Gasteiger partial charge is 0.271 e. The summed E-state index contributed by atoms with van der Waals surface area (Å²) in [6.07, 6.45) is -0.779. The van der Waals surface area contributed by atoms with E-state index in [0.717, 1.165) is 16.7 Å². The molecule has 3 rings (SSSR count). The van der Waals surface area contributed by atoms with Gasteiger partial charge in [0.25, 0.3) is 11.5 Å². The molecule has 150 valence electrons. The monoisotopic (exact) mass is 411 g/mol. The second-order valence-electron chi connectivity index (χ2n) is 6.82. The fraction of sp³-hybridized carbons (Fsp3) is 0.227. The fourth-order valence-corrected chi connectivity index (χ4v) is 3.00. The highest BCUT2D eigenvalue weighted by Gasteiger charge is 2.16. The Kier molecular flexibility index (Phi) is 6.34. The van der Waals surface area contributed by atoms with Gasteiger partial charge in [-0.3, -0.25) is 9.59 Å². The molecule has 0 saturated carbocycles. The normalized spacial score (nSPS) is 11.7. The summed E-state index contributed by atoms with van der Waals surface area (Å²) in [6, 6.07) is 15.9. The first-order valence-electron chi connectivity index (χ1n) is 9.20. The van der Waals surface area contributed by atoms with Crippen molar-refractivity contribution in [1.29, 1.82) is 0 Å². The summed E-state index contributed by atoms with van der Waals surface area (Å²) in [5, 5.41) is 7.58. The minimum atomic E-state index is -0.779. The van der Waals surface area contributed by atoms with Crippen molar-refractivity contribution < 1.29 is 9.53 Å². The third kappa shape index (κ3) is 5.23. The van der Waals surface area contributed by atoms with E-state index < -0.39 is 6.10 Å². The Bertz CT molecular complexity index is 1090. The molecular formula is C22H22ClN3O3. The molecule has 3 aromatic rings. The lowest BCUT2D eigenvalue weighted by atomic mass is 10.1. The summed E-state index contributed by atoms with van der Waals surface area (Å²) in [6.45, 7) is 5.89. The van der Waals surface area contributed by atoms with Crippen LogP contribution < -0.4 is 15.6 Å². The average molecular weight is 412 g/mol. The summed E-state index contributed by atoms with van der Waals surface area (Å²) in [4.78, 5) is 24.6. The molecule has 6 nitrogen and oxygen atoms in total. The lowest BCUT2D eigenvalue weighted by Gasteiger charge is -2.15. The van der Waals surface area contributed by atoms with Gasteiger partial charge in [0, 0.05) is 23.7 Å². The zero-order valence-corrected chi connectivity index (χ0v) is 17.2. The lowest BCUT2D eigenvalue weighted by molar-refractivity contribution is -0.127. The predicted molar refractivity (Wildman–Crippen MR) is 113 cm³/mol. The average Bonchev–Trinajstić information content (AvgIpc) is 2.69. The van der Waals surface area contributed by atoms with Crippen LogP contribution in [0.2, 0.25) is 5.02 Å². The number of amides is 1. The SMILES string of the molecule is Cc1cccc(CNC(=O)[C@@H](C)Oc2ccc(=O)n(-c3cc(Cl)ccc3C)n2)c1. The number of aromatic nitrogens is 2. The summed E-state index contributed by atoms with van der Waals surface area (Å²) in [5.74, 6) is -0.104. The molecule has 29 heavy (non-hydrogen) atoms. The molecule has 0 aliphatic rings. The largest absolute Gasteiger partial charge is 0.464 e. The van der Waals surface area contributed by atoms with Crippen LogP contribution in [0.4, 0.5) is 0 Å². The van der Waals surface area contributed by atoms with E-state index in [-0.39, 0.29) is 17.3 Å². The molecule has 0 radical (unpaired) electrons. The Labute approximate surface area is 174 Å². The van der Waals surface area contributed by atoms with Gasteiger partial charge in [-0.05, 0) is 44.0 Å². The van der Waals surface area contributed by atoms with Crippen molar-refractivity contribution in [3.63, 3.8) is 0 Å². The molecule has 7 heteroatoms. The second-order valence-corrected chi connectivity index (χ2v) is 7.26. The van der Waals surface area contributed by atoms with Gasteiger partial charge in [0.2, 0.25) is 5.88 Å². The van der Waals surface area contributed by atoms with Crippen LogP contribution in [-0.4, -0.2) is 21.8 Å². The molecule has 1 heterocycles. The van der Waals surface area contributed by atoms with Crippen molar-refractivity contribution in [3.05, 3.63) is 86.7 Å². The summed E-state index contributed by atoms with van der Waals surface area (Å²) in [5.41, 5.74) is 3.21. The number of hydrogen-bond donors (Lipinski definition) is 1. The lowest BCUT2D eigenvalue weighted by Crippen LogP contribution is -2.36. The quantitative estimate of drug-likeness (QED) is 0.672. The van der Waals surface area contributed by atoms with Crippen LogP contribution in [0.5, 0.6) is 5.88 Å². The Morgan fingerprint density at radius 1 is 1.17 bits per heavy atom. The fourth-order valence-electron chi connectivity index (χ4n) is 2.83. The third-order valence-electron chi connectivity index (χ3n) is 4.39. The molecule has 0 spiro atoms. The van der Waals surface area contributed by atoms with Gasteiger partial charge in [-0.1, -0.05) is 47.5 Å². The van der Waals surface area contributed by atoms with Gasteiger partial charge in [-0.2, -0.15) is 4.68 Å². The molecule has 0 bridgehead atoms. The zero-order valence-electron chi connectivity index (χ0n) is 16.5. The van der Waals surface area contributed by atoms with E-state index >= 15 is 0 Å². The molecule has 1 aromatic heterocycles.